The first kappa shape index (κ1) is 15.7. The minimum atomic E-state index is -0.360. The second kappa shape index (κ2) is 6.90. The van der Waals surface area contributed by atoms with Gasteiger partial charge in [-0.3, -0.25) is 0 Å². The fourth-order valence-electron chi connectivity index (χ4n) is 3.22. The van der Waals surface area contributed by atoms with Gasteiger partial charge < -0.3 is 4.74 Å². The SMILES string of the molecule is CCOC(=O)c1cnc(CC2(Cc3ccccc3)CCC2)nc1. The van der Waals surface area contributed by atoms with Crippen LogP contribution in [0.1, 0.15) is 47.9 Å². The molecule has 1 aromatic heterocycles. The lowest BCUT2D eigenvalue weighted by Crippen LogP contribution is -2.34. The first-order valence-corrected chi connectivity index (χ1v) is 8.23. The summed E-state index contributed by atoms with van der Waals surface area (Å²) in [4.78, 5) is 20.4. The molecule has 23 heavy (non-hydrogen) atoms. The van der Waals surface area contributed by atoms with Crippen LogP contribution < -0.4 is 0 Å². The van der Waals surface area contributed by atoms with Gasteiger partial charge in [0.2, 0.25) is 0 Å². The molecule has 2 aromatic rings. The lowest BCUT2D eigenvalue weighted by Gasteiger charge is -2.42. The smallest absolute Gasteiger partial charge is 0.341 e. The van der Waals surface area contributed by atoms with E-state index in [2.05, 4.69) is 34.2 Å². The molecule has 0 unspecified atom stereocenters. The summed E-state index contributed by atoms with van der Waals surface area (Å²) in [6, 6.07) is 10.6. The van der Waals surface area contributed by atoms with Crippen LogP contribution in [0.4, 0.5) is 0 Å². The fourth-order valence-corrected chi connectivity index (χ4v) is 3.22. The van der Waals surface area contributed by atoms with Gasteiger partial charge in [-0.15, -0.1) is 0 Å². The molecule has 0 saturated heterocycles. The number of nitrogens with zero attached hydrogens (tertiary/aromatic N) is 2. The van der Waals surface area contributed by atoms with Gasteiger partial charge in [-0.25, -0.2) is 14.8 Å². The Kier molecular flexibility index (Phi) is 4.70. The largest absolute Gasteiger partial charge is 0.462 e. The number of esters is 1. The molecule has 1 fully saturated rings. The van der Waals surface area contributed by atoms with Gasteiger partial charge in [0.05, 0.1) is 12.2 Å². The van der Waals surface area contributed by atoms with E-state index in [9.17, 15) is 4.79 Å². The van der Waals surface area contributed by atoms with E-state index in [1.165, 1.54) is 24.8 Å². The molecule has 1 aromatic carbocycles. The highest BCUT2D eigenvalue weighted by molar-refractivity contribution is 5.88. The number of rotatable bonds is 6. The Balaban J connectivity index is 1.68. The zero-order chi connectivity index (χ0) is 16.1. The van der Waals surface area contributed by atoms with Crippen molar-refractivity contribution in [2.45, 2.75) is 39.0 Å². The third kappa shape index (κ3) is 3.76. The molecule has 120 valence electrons. The molecule has 0 amide bonds. The van der Waals surface area contributed by atoms with Crippen molar-refractivity contribution < 1.29 is 9.53 Å². The van der Waals surface area contributed by atoms with E-state index < -0.39 is 0 Å². The Morgan fingerprint density at radius 2 is 1.83 bits per heavy atom. The third-order valence-corrected chi connectivity index (χ3v) is 4.59. The van der Waals surface area contributed by atoms with Gasteiger partial charge in [0.1, 0.15) is 5.82 Å². The van der Waals surface area contributed by atoms with Crippen molar-refractivity contribution in [1.82, 2.24) is 9.97 Å². The van der Waals surface area contributed by atoms with Crippen molar-refractivity contribution in [3.63, 3.8) is 0 Å². The molecule has 1 heterocycles. The molecular weight excluding hydrogens is 288 g/mol. The monoisotopic (exact) mass is 310 g/mol. The van der Waals surface area contributed by atoms with Crippen molar-refractivity contribution in [3.8, 4) is 0 Å². The van der Waals surface area contributed by atoms with E-state index in [-0.39, 0.29) is 11.4 Å². The summed E-state index contributed by atoms with van der Waals surface area (Å²) in [6.07, 6.45) is 8.79. The standard InChI is InChI=1S/C19H22N2O2/c1-2-23-18(22)16-13-20-17(21-14-16)12-19(9-6-10-19)11-15-7-4-3-5-8-15/h3-5,7-8,13-14H,2,6,9-12H2,1H3. The van der Waals surface area contributed by atoms with Crippen LogP contribution in [0.5, 0.6) is 0 Å². The number of hydrogen-bond acceptors (Lipinski definition) is 4. The second-order valence-electron chi connectivity index (χ2n) is 6.30. The maximum atomic E-state index is 11.6. The summed E-state index contributed by atoms with van der Waals surface area (Å²) in [6.45, 7) is 2.15. The van der Waals surface area contributed by atoms with Gasteiger partial charge in [0, 0.05) is 18.8 Å². The van der Waals surface area contributed by atoms with Crippen molar-refractivity contribution in [3.05, 3.63) is 59.7 Å². The molecule has 3 rings (SSSR count). The number of benzene rings is 1. The predicted octanol–water partition coefficient (Wildman–Crippen LogP) is 3.61. The van der Waals surface area contributed by atoms with Gasteiger partial charge >= 0.3 is 5.97 Å². The summed E-state index contributed by atoms with van der Waals surface area (Å²) < 4.78 is 4.96. The van der Waals surface area contributed by atoms with Crippen LogP contribution in [0, 0.1) is 5.41 Å². The first-order chi connectivity index (χ1) is 11.2. The normalized spacial score (nSPS) is 15.7. The fraction of sp³-hybridized carbons (Fsp3) is 0.421. The summed E-state index contributed by atoms with van der Waals surface area (Å²) >= 11 is 0. The Hall–Kier alpha value is -2.23. The number of carbonyl (C=O) groups is 1. The molecule has 1 aliphatic rings. The minimum Gasteiger partial charge on any atom is -0.462 e. The molecule has 0 N–H and O–H groups in total. The van der Waals surface area contributed by atoms with Crippen LogP contribution >= 0.6 is 0 Å². The highest BCUT2D eigenvalue weighted by Gasteiger charge is 2.37. The number of carbonyl (C=O) groups excluding carboxylic acids is 1. The first-order valence-electron chi connectivity index (χ1n) is 8.23. The number of aromatic nitrogens is 2. The van der Waals surface area contributed by atoms with Gasteiger partial charge in [-0.2, -0.15) is 0 Å². The van der Waals surface area contributed by atoms with Crippen molar-refractivity contribution in [2.24, 2.45) is 5.41 Å². The highest BCUT2D eigenvalue weighted by atomic mass is 16.5. The van der Waals surface area contributed by atoms with Crippen molar-refractivity contribution in [1.29, 1.82) is 0 Å². The molecule has 0 aliphatic heterocycles. The summed E-state index contributed by atoms with van der Waals surface area (Å²) in [5.74, 6) is 0.454. The second-order valence-corrected chi connectivity index (χ2v) is 6.30. The molecule has 1 aliphatic carbocycles. The van der Waals surface area contributed by atoms with Crippen molar-refractivity contribution in [2.75, 3.05) is 6.61 Å². The Morgan fingerprint density at radius 3 is 2.39 bits per heavy atom. The number of hydrogen-bond donors (Lipinski definition) is 0. The molecule has 0 atom stereocenters. The van der Waals surface area contributed by atoms with E-state index >= 15 is 0 Å². The minimum absolute atomic E-state index is 0.271. The van der Waals surface area contributed by atoms with E-state index in [1.807, 2.05) is 6.07 Å². The Bertz CT molecular complexity index is 649. The number of ether oxygens (including phenoxy) is 1. The van der Waals surface area contributed by atoms with Crippen LogP contribution in [0.2, 0.25) is 0 Å². The van der Waals surface area contributed by atoms with Gasteiger partial charge in [-0.1, -0.05) is 36.8 Å². The molecule has 1 saturated carbocycles. The maximum Gasteiger partial charge on any atom is 0.341 e. The maximum absolute atomic E-state index is 11.6. The zero-order valence-electron chi connectivity index (χ0n) is 13.5. The van der Waals surface area contributed by atoms with Gasteiger partial charge in [-0.05, 0) is 37.2 Å². The topological polar surface area (TPSA) is 52.1 Å². The van der Waals surface area contributed by atoms with E-state index in [4.69, 9.17) is 4.74 Å². The van der Waals surface area contributed by atoms with Crippen LogP contribution in [0.15, 0.2) is 42.7 Å². The van der Waals surface area contributed by atoms with Gasteiger partial charge in [0.25, 0.3) is 0 Å². The lowest BCUT2D eigenvalue weighted by molar-refractivity contribution is 0.0525. The molecular formula is C19H22N2O2. The Labute approximate surface area is 136 Å². The average molecular weight is 310 g/mol. The third-order valence-electron chi connectivity index (χ3n) is 4.59. The molecule has 0 radical (unpaired) electrons. The van der Waals surface area contributed by atoms with E-state index in [0.29, 0.717) is 12.2 Å². The summed E-state index contributed by atoms with van der Waals surface area (Å²) in [7, 11) is 0. The molecule has 4 heteroatoms. The van der Waals surface area contributed by atoms with Crippen molar-refractivity contribution >= 4 is 5.97 Å². The zero-order valence-corrected chi connectivity index (χ0v) is 13.5. The average Bonchev–Trinajstić information content (AvgIpc) is 2.54. The van der Waals surface area contributed by atoms with Crippen LogP contribution in [-0.2, 0) is 17.6 Å². The van der Waals surface area contributed by atoms with E-state index in [0.717, 1.165) is 18.7 Å². The molecule has 0 spiro atoms. The van der Waals surface area contributed by atoms with E-state index in [1.54, 1.807) is 19.3 Å². The van der Waals surface area contributed by atoms with Crippen LogP contribution in [-0.4, -0.2) is 22.5 Å². The molecule has 4 nitrogen and oxygen atoms in total. The summed E-state index contributed by atoms with van der Waals surface area (Å²) in [5.41, 5.74) is 2.06. The molecule has 0 bridgehead atoms. The Morgan fingerprint density at radius 1 is 1.13 bits per heavy atom. The highest BCUT2D eigenvalue weighted by Crippen LogP contribution is 2.45. The summed E-state index contributed by atoms with van der Waals surface area (Å²) in [5, 5.41) is 0. The predicted molar refractivity (Wildman–Crippen MR) is 88.1 cm³/mol. The van der Waals surface area contributed by atoms with Crippen LogP contribution in [0.25, 0.3) is 0 Å². The quantitative estimate of drug-likeness (QED) is 0.765. The van der Waals surface area contributed by atoms with Crippen LogP contribution in [0.3, 0.4) is 0 Å². The lowest BCUT2D eigenvalue weighted by atomic mass is 9.63. The van der Waals surface area contributed by atoms with Gasteiger partial charge in [0.15, 0.2) is 0 Å².